The smallest absolute Gasteiger partial charge is 0.0652 e. The summed E-state index contributed by atoms with van der Waals surface area (Å²) in [5.74, 6) is 0.105. The van der Waals surface area contributed by atoms with Gasteiger partial charge in [-0.2, -0.15) is 0 Å². The first-order chi connectivity index (χ1) is 9.66. The van der Waals surface area contributed by atoms with E-state index in [1.54, 1.807) is 0 Å². The Morgan fingerprint density at radius 1 is 1.00 bits per heavy atom. The largest absolute Gasteiger partial charge is 0.392 e. The van der Waals surface area contributed by atoms with Gasteiger partial charge in [-0.15, -0.1) is 6.58 Å². The molecule has 0 amide bonds. The third-order valence-electron chi connectivity index (χ3n) is 3.55. The molecule has 0 spiro atoms. The van der Waals surface area contributed by atoms with E-state index in [4.69, 9.17) is 0 Å². The van der Waals surface area contributed by atoms with Crippen LogP contribution >= 0.6 is 0 Å². The molecule has 1 heteroatoms. The zero-order valence-corrected chi connectivity index (χ0v) is 12.0. The molecule has 0 aliphatic carbocycles. The third-order valence-corrected chi connectivity index (χ3v) is 3.55. The lowest BCUT2D eigenvalue weighted by molar-refractivity contribution is 0.142. The molecule has 2 rings (SSSR count). The summed E-state index contributed by atoms with van der Waals surface area (Å²) in [6.07, 6.45) is 1.10. The Bertz CT molecular complexity index is 530. The summed E-state index contributed by atoms with van der Waals surface area (Å²) in [7, 11) is 0. The fourth-order valence-corrected chi connectivity index (χ4v) is 2.55. The van der Waals surface area contributed by atoms with Crippen LogP contribution in [0.3, 0.4) is 0 Å². The molecule has 0 radical (unpaired) electrons. The van der Waals surface area contributed by atoms with E-state index in [0.29, 0.717) is 6.42 Å². The van der Waals surface area contributed by atoms with Gasteiger partial charge in [-0.05, 0) is 30.9 Å². The van der Waals surface area contributed by atoms with E-state index in [9.17, 15) is 5.11 Å². The van der Waals surface area contributed by atoms with Crippen LogP contribution in [-0.4, -0.2) is 11.2 Å². The van der Waals surface area contributed by atoms with E-state index in [1.807, 2.05) is 43.3 Å². The molecule has 2 atom stereocenters. The molecule has 1 nitrogen and oxygen atoms in total. The molecule has 0 saturated carbocycles. The van der Waals surface area contributed by atoms with Crippen LogP contribution < -0.4 is 0 Å². The van der Waals surface area contributed by atoms with Crippen molar-refractivity contribution in [1.82, 2.24) is 0 Å². The Morgan fingerprint density at radius 3 is 2.10 bits per heavy atom. The maximum Gasteiger partial charge on any atom is 0.0652 e. The van der Waals surface area contributed by atoms with Crippen LogP contribution in [0, 0.1) is 0 Å². The Labute approximate surface area is 121 Å². The summed E-state index contributed by atoms with van der Waals surface area (Å²) < 4.78 is 0. The zero-order valence-electron chi connectivity index (χ0n) is 12.0. The van der Waals surface area contributed by atoms with Gasteiger partial charge in [-0.3, -0.25) is 0 Å². The molecule has 0 aromatic heterocycles. The fraction of sp³-hybridized carbons (Fsp3) is 0.263. The number of rotatable bonds is 6. The molecule has 0 fully saturated rings. The van der Waals surface area contributed by atoms with Crippen molar-refractivity contribution in [2.45, 2.75) is 31.8 Å². The van der Waals surface area contributed by atoms with Gasteiger partial charge < -0.3 is 5.11 Å². The maximum atomic E-state index is 10.6. The van der Waals surface area contributed by atoms with Crippen molar-refractivity contribution in [2.24, 2.45) is 0 Å². The summed E-state index contributed by atoms with van der Waals surface area (Å²) >= 11 is 0. The highest BCUT2D eigenvalue weighted by atomic mass is 16.3. The second kappa shape index (κ2) is 7.06. The number of hydrogen-bond donors (Lipinski definition) is 1. The number of allylic oxidation sites excluding steroid dienone is 1. The van der Waals surface area contributed by atoms with E-state index in [2.05, 4.69) is 30.8 Å². The maximum absolute atomic E-state index is 10.6. The van der Waals surface area contributed by atoms with Crippen LogP contribution in [-0.2, 0) is 6.42 Å². The lowest BCUT2D eigenvalue weighted by atomic mass is 9.85. The molecule has 0 bridgehead atoms. The van der Waals surface area contributed by atoms with Gasteiger partial charge in [0.2, 0.25) is 0 Å². The second-order valence-corrected chi connectivity index (χ2v) is 5.44. The van der Waals surface area contributed by atoms with E-state index < -0.39 is 6.10 Å². The van der Waals surface area contributed by atoms with Gasteiger partial charge in [-0.1, -0.05) is 66.2 Å². The van der Waals surface area contributed by atoms with Crippen molar-refractivity contribution in [3.05, 3.63) is 83.9 Å². The molecule has 104 valence electrons. The number of aliphatic hydroxyl groups is 1. The minimum atomic E-state index is -0.392. The molecule has 0 unspecified atom stereocenters. The van der Waals surface area contributed by atoms with Crippen molar-refractivity contribution in [3.8, 4) is 0 Å². The molecule has 0 heterocycles. The normalized spacial score (nSPS) is 13.7. The molecule has 0 aliphatic rings. The quantitative estimate of drug-likeness (QED) is 0.771. The van der Waals surface area contributed by atoms with Crippen LogP contribution in [0.25, 0.3) is 0 Å². The highest BCUT2D eigenvalue weighted by molar-refractivity contribution is 5.24. The molecule has 20 heavy (non-hydrogen) atoms. The van der Waals surface area contributed by atoms with Gasteiger partial charge >= 0.3 is 0 Å². The van der Waals surface area contributed by atoms with E-state index >= 15 is 0 Å². The molecule has 0 aliphatic heterocycles. The first kappa shape index (κ1) is 14.5. The van der Waals surface area contributed by atoms with Crippen LogP contribution in [0.2, 0.25) is 0 Å². The Kier molecular flexibility index (Phi) is 5.14. The van der Waals surface area contributed by atoms with Crippen LogP contribution in [0.4, 0.5) is 0 Å². The van der Waals surface area contributed by atoms with Gasteiger partial charge in [-0.25, -0.2) is 0 Å². The van der Waals surface area contributed by atoms with Gasteiger partial charge in [0.1, 0.15) is 0 Å². The number of aliphatic hydroxyl groups excluding tert-OH is 1. The average Bonchev–Trinajstić information content (AvgIpc) is 2.46. The lowest BCUT2D eigenvalue weighted by Crippen LogP contribution is -2.21. The monoisotopic (exact) mass is 266 g/mol. The van der Waals surface area contributed by atoms with Crippen molar-refractivity contribution < 1.29 is 5.11 Å². The van der Waals surface area contributed by atoms with Crippen molar-refractivity contribution >= 4 is 0 Å². The van der Waals surface area contributed by atoms with E-state index in [1.165, 1.54) is 11.1 Å². The Hall–Kier alpha value is -1.86. The predicted molar refractivity (Wildman–Crippen MR) is 84.8 cm³/mol. The summed E-state index contributed by atoms with van der Waals surface area (Å²) in [4.78, 5) is 0. The summed E-state index contributed by atoms with van der Waals surface area (Å²) in [6, 6.07) is 20.4. The van der Waals surface area contributed by atoms with Gasteiger partial charge in [0.25, 0.3) is 0 Å². The zero-order chi connectivity index (χ0) is 14.4. The highest BCUT2D eigenvalue weighted by Crippen LogP contribution is 2.28. The second-order valence-electron chi connectivity index (χ2n) is 5.44. The SMILES string of the molecule is C=C(C)C[C@@H](c1ccccc1)[C@@H](O)Cc1ccccc1. The van der Waals surface area contributed by atoms with Gasteiger partial charge in [0.05, 0.1) is 6.10 Å². The number of benzene rings is 2. The minimum Gasteiger partial charge on any atom is -0.392 e. The first-order valence-corrected chi connectivity index (χ1v) is 7.08. The van der Waals surface area contributed by atoms with Crippen molar-refractivity contribution in [1.29, 1.82) is 0 Å². The molecule has 1 N–H and O–H groups in total. The van der Waals surface area contributed by atoms with E-state index in [0.717, 1.165) is 12.0 Å². The number of hydrogen-bond acceptors (Lipinski definition) is 1. The van der Waals surface area contributed by atoms with Gasteiger partial charge in [0.15, 0.2) is 0 Å². The van der Waals surface area contributed by atoms with Crippen molar-refractivity contribution in [2.75, 3.05) is 0 Å². The standard InChI is InChI=1S/C19H22O/c1-15(2)13-18(17-11-7-4-8-12-17)19(20)14-16-9-5-3-6-10-16/h3-12,18-20H,1,13-14H2,2H3/t18-,19-/m0/s1. The predicted octanol–water partition coefficient (Wildman–Crippen LogP) is 4.34. The van der Waals surface area contributed by atoms with Crippen LogP contribution in [0.15, 0.2) is 72.8 Å². The third kappa shape index (κ3) is 4.07. The Morgan fingerprint density at radius 2 is 1.55 bits per heavy atom. The van der Waals surface area contributed by atoms with Gasteiger partial charge in [0, 0.05) is 5.92 Å². The average molecular weight is 266 g/mol. The molecule has 2 aromatic carbocycles. The Balaban J connectivity index is 2.16. The van der Waals surface area contributed by atoms with Crippen LogP contribution in [0.1, 0.15) is 30.4 Å². The fourth-order valence-electron chi connectivity index (χ4n) is 2.55. The molecular weight excluding hydrogens is 244 g/mol. The topological polar surface area (TPSA) is 20.2 Å². The minimum absolute atomic E-state index is 0.105. The van der Waals surface area contributed by atoms with Crippen molar-refractivity contribution in [3.63, 3.8) is 0 Å². The highest BCUT2D eigenvalue weighted by Gasteiger charge is 2.21. The van der Waals surface area contributed by atoms with E-state index in [-0.39, 0.29) is 5.92 Å². The summed E-state index contributed by atoms with van der Waals surface area (Å²) in [6.45, 7) is 6.02. The first-order valence-electron chi connectivity index (χ1n) is 7.08. The molecule has 0 saturated heterocycles. The molecule has 2 aromatic rings. The molecular formula is C19H22O. The summed E-state index contributed by atoms with van der Waals surface area (Å²) in [5.41, 5.74) is 3.45. The summed E-state index contributed by atoms with van der Waals surface area (Å²) in [5, 5.41) is 10.6. The van der Waals surface area contributed by atoms with Crippen LogP contribution in [0.5, 0.6) is 0 Å². The lowest BCUT2D eigenvalue weighted by Gasteiger charge is -2.24.